The first-order chi connectivity index (χ1) is 12.0. The maximum Gasteiger partial charge on any atom is 0.324 e. The molecule has 0 spiro atoms. The zero-order chi connectivity index (χ0) is 19.4. The Bertz CT molecular complexity index is 267. The van der Waals surface area contributed by atoms with Crippen LogP contribution in [0.2, 0.25) is 16.6 Å². The van der Waals surface area contributed by atoms with E-state index in [1.54, 1.807) is 42.7 Å². The standard InChI is InChI=1S/C16H40O6Si3/c1-10-13(23(17-4)18-5)16(14(11-2)24(19-6)20-7)15(12-3)25(21-8)22-9/h13-16,23-25H,10-12H2,1-9H3. The summed E-state index contributed by atoms with van der Waals surface area (Å²) in [7, 11) is 5.19. The van der Waals surface area contributed by atoms with E-state index in [1.165, 1.54) is 0 Å². The van der Waals surface area contributed by atoms with Crippen LogP contribution >= 0.6 is 0 Å². The average molecular weight is 413 g/mol. The van der Waals surface area contributed by atoms with Gasteiger partial charge in [-0.25, -0.2) is 0 Å². The summed E-state index contributed by atoms with van der Waals surface area (Å²) in [6.07, 6.45) is 3.04. The molecule has 0 amide bonds. The summed E-state index contributed by atoms with van der Waals surface area (Å²) in [4.78, 5) is 0. The van der Waals surface area contributed by atoms with Crippen molar-refractivity contribution in [3.05, 3.63) is 0 Å². The third-order valence-electron chi connectivity index (χ3n) is 5.34. The van der Waals surface area contributed by atoms with E-state index in [0.717, 1.165) is 19.3 Å². The van der Waals surface area contributed by atoms with E-state index >= 15 is 0 Å². The summed E-state index contributed by atoms with van der Waals surface area (Å²) >= 11 is 0. The summed E-state index contributed by atoms with van der Waals surface area (Å²) in [6, 6.07) is 0. The van der Waals surface area contributed by atoms with Gasteiger partial charge in [-0.3, -0.25) is 0 Å². The van der Waals surface area contributed by atoms with Crippen LogP contribution in [0.3, 0.4) is 0 Å². The Morgan fingerprint density at radius 3 is 0.800 bits per heavy atom. The van der Waals surface area contributed by atoms with Crippen molar-refractivity contribution in [2.75, 3.05) is 42.7 Å². The Morgan fingerprint density at radius 1 is 0.480 bits per heavy atom. The zero-order valence-corrected chi connectivity index (χ0v) is 21.1. The van der Waals surface area contributed by atoms with Gasteiger partial charge < -0.3 is 26.6 Å². The fraction of sp³-hybridized carbons (Fsp3) is 1.00. The number of hydrogen-bond donors (Lipinski definition) is 0. The molecule has 25 heavy (non-hydrogen) atoms. The van der Waals surface area contributed by atoms with E-state index in [9.17, 15) is 0 Å². The molecule has 0 radical (unpaired) electrons. The summed E-state index contributed by atoms with van der Waals surface area (Å²) in [5.74, 6) is 0.365. The third kappa shape index (κ3) is 6.82. The Balaban J connectivity index is 6.04. The molecule has 3 unspecified atom stereocenters. The van der Waals surface area contributed by atoms with Crippen LogP contribution in [0.15, 0.2) is 0 Å². The molecule has 0 aliphatic heterocycles. The first kappa shape index (κ1) is 25.4. The fourth-order valence-electron chi connectivity index (χ4n) is 4.23. The molecule has 0 rings (SSSR count). The van der Waals surface area contributed by atoms with Crippen molar-refractivity contribution in [2.45, 2.75) is 56.7 Å². The second-order valence-electron chi connectivity index (χ2n) is 6.31. The minimum Gasteiger partial charge on any atom is -0.400 e. The van der Waals surface area contributed by atoms with Gasteiger partial charge in [-0.15, -0.1) is 0 Å². The first-order valence-electron chi connectivity index (χ1n) is 9.21. The Kier molecular flexibility index (Phi) is 14.7. The topological polar surface area (TPSA) is 55.4 Å². The van der Waals surface area contributed by atoms with Gasteiger partial charge in [0.15, 0.2) is 0 Å². The van der Waals surface area contributed by atoms with Gasteiger partial charge in [0.1, 0.15) is 0 Å². The average Bonchev–Trinajstić information content (AvgIpc) is 2.65. The lowest BCUT2D eigenvalue weighted by atomic mass is 9.91. The predicted molar refractivity (Wildman–Crippen MR) is 109 cm³/mol. The highest BCUT2D eigenvalue weighted by molar-refractivity contribution is 6.51. The Morgan fingerprint density at radius 2 is 0.680 bits per heavy atom. The van der Waals surface area contributed by atoms with Crippen molar-refractivity contribution in [3.63, 3.8) is 0 Å². The molecule has 0 heterocycles. The normalized spacial score (nSPS) is 17.3. The SMILES string of the molecule is CCC(C(C(CC)[SiH](OC)OC)C(CC)[SiH](OC)OC)[SiH](OC)OC. The van der Waals surface area contributed by atoms with E-state index < -0.39 is 27.9 Å². The van der Waals surface area contributed by atoms with Crippen LogP contribution in [0, 0.1) is 5.92 Å². The molecule has 0 fully saturated rings. The molecule has 0 saturated heterocycles. The second kappa shape index (κ2) is 14.5. The van der Waals surface area contributed by atoms with Crippen LogP contribution in [0.25, 0.3) is 0 Å². The minimum absolute atomic E-state index is 0.365. The molecule has 0 aromatic rings. The number of rotatable bonds is 15. The highest BCUT2D eigenvalue weighted by Gasteiger charge is 2.46. The lowest BCUT2D eigenvalue weighted by Gasteiger charge is -2.42. The summed E-state index contributed by atoms with van der Waals surface area (Å²) in [6.45, 7) is 6.67. The molecule has 0 bridgehead atoms. The van der Waals surface area contributed by atoms with Gasteiger partial charge >= 0.3 is 27.9 Å². The minimum atomic E-state index is -1.81. The molecular formula is C16H40O6Si3. The maximum atomic E-state index is 5.80. The van der Waals surface area contributed by atoms with Crippen LogP contribution in [0.1, 0.15) is 40.0 Å². The van der Waals surface area contributed by atoms with E-state index in [2.05, 4.69) is 20.8 Å². The Hall–Kier alpha value is 0.411. The van der Waals surface area contributed by atoms with Crippen LogP contribution in [0.5, 0.6) is 0 Å². The molecule has 0 aliphatic rings. The molecule has 0 aromatic heterocycles. The van der Waals surface area contributed by atoms with Crippen molar-refractivity contribution >= 4 is 27.9 Å². The van der Waals surface area contributed by atoms with Gasteiger partial charge in [-0.1, -0.05) is 40.0 Å². The summed E-state index contributed by atoms with van der Waals surface area (Å²) < 4.78 is 34.8. The molecule has 6 nitrogen and oxygen atoms in total. The maximum absolute atomic E-state index is 5.80. The monoisotopic (exact) mass is 412 g/mol. The van der Waals surface area contributed by atoms with Crippen molar-refractivity contribution < 1.29 is 26.6 Å². The zero-order valence-electron chi connectivity index (χ0n) is 17.6. The third-order valence-corrected chi connectivity index (χ3v) is 13.0. The van der Waals surface area contributed by atoms with Gasteiger partial charge in [0.05, 0.1) is 0 Å². The van der Waals surface area contributed by atoms with Crippen LogP contribution in [0.4, 0.5) is 0 Å². The summed E-state index contributed by atoms with van der Waals surface area (Å²) in [5, 5.41) is 0. The van der Waals surface area contributed by atoms with Gasteiger partial charge in [0.25, 0.3) is 0 Å². The van der Waals surface area contributed by atoms with E-state index in [4.69, 9.17) is 26.6 Å². The molecule has 0 aliphatic carbocycles. The van der Waals surface area contributed by atoms with E-state index in [-0.39, 0.29) is 0 Å². The van der Waals surface area contributed by atoms with Crippen molar-refractivity contribution in [2.24, 2.45) is 5.92 Å². The highest BCUT2D eigenvalue weighted by Crippen LogP contribution is 2.48. The molecule has 9 heteroatoms. The van der Waals surface area contributed by atoms with Crippen LogP contribution < -0.4 is 0 Å². The first-order valence-corrected chi connectivity index (χ1v) is 14.0. The van der Waals surface area contributed by atoms with Crippen molar-refractivity contribution in [1.29, 1.82) is 0 Å². The summed E-state index contributed by atoms with van der Waals surface area (Å²) in [5.41, 5.74) is 1.10. The van der Waals surface area contributed by atoms with Gasteiger partial charge in [0.2, 0.25) is 0 Å². The largest absolute Gasteiger partial charge is 0.400 e. The number of hydrogen-bond acceptors (Lipinski definition) is 6. The smallest absolute Gasteiger partial charge is 0.324 e. The molecular weight excluding hydrogens is 372 g/mol. The van der Waals surface area contributed by atoms with Crippen LogP contribution in [-0.4, -0.2) is 70.5 Å². The molecule has 0 saturated carbocycles. The molecule has 152 valence electrons. The fourth-order valence-corrected chi connectivity index (χ4v) is 11.6. The Labute approximate surface area is 160 Å². The predicted octanol–water partition coefficient (Wildman–Crippen LogP) is 2.48. The quantitative estimate of drug-likeness (QED) is 0.385. The van der Waals surface area contributed by atoms with Crippen molar-refractivity contribution in [3.8, 4) is 0 Å². The van der Waals surface area contributed by atoms with Gasteiger partial charge in [0, 0.05) is 59.3 Å². The molecule has 0 N–H and O–H groups in total. The van der Waals surface area contributed by atoms with Crippen molar-refractivity contribution in [1.82, 2.24) is 0 Å². The lowest BCUT2D eigenvalue weighted by Crippen LogP contribution is -2.44. The molecule has 3 atom stereocenters. The highest BCUT2D eigenvalue weighted by atomic mass is 28.3. The lowest BCUT2D eigenvalue weighted by molar-refractivity contribution is 0.193. The van der Waals surface area contributed by atoms with E-state index in [1.807, 2.05) is 0 Å². The van der Waals surface area contributed by atoms with Crippen LogP contribution in [-0.2, 0) is 26.6 Å². The molecule has 0 aromatic carbocycles. The van der Waals surface area contributed by atoms with Gasteiger partial charge in [-0.05, 0) is 5.92 Å². The second-order valence-corrected chi connectivity index (χ2v) is 13.9. The van der Waals surface area contributed by atoms with E-state index in [0.29, 0.717) is 22.5 Å². The van der Waals surface area contributed by atoms with Gasteiger partial charge in [-0.2, -0.15) is 0 Å².